The number of thioether (sulfide) groups is 1. The number of pyridine rings is 1. The van der Waals surface area contributed by atoms with Crippen LogP contribution < -0.4 is 10.1 Å². The van der Waals surface area contributed by atoms with E-state index in [9.17, 15) is 9.59 Å². The van der Waals surface area contributed by atoms with Gasteiger partial charge in [-0.05, 0) is 60.0 Å². The molecule has 6 heteroatoms. The number of nitrogens with one attached hydrogen (secondary N) is 1. The Morgan fingerprint density at radius 2 is 1.85 bits per heavy atom. The molecule has 0 aliphatic carbocycles. The fraction of sp³-hybridized carbons (Fsp3) is 0.286. The van der Waals surface area contributed by atoms with E-state index in [1.807, 2.05) is 36.4 Å². The molecule has 1 aliphatic heterocycles. The molecule has 3 rings (SSSR count). The Labute approximate surface area is 163 Å². The van der Waals surface area contributed by atoms with E-state index < -0.39 is 0 Å². The average molecular weight is 382 g/mol. The van der Waals surface area contributed by atoms with Crippen molar-refractivity contribution < 1.29 is 14.3 Å². The first kappa shape index (κ1) is 19.2. The normalized spacial score (nSPS) is 15.4. The van der Waals surface area contributed by atoms with E-state index in [4.69, 9.17) is 4.74 Å². The van der Waals surface area contributed by atoms with Gasteiger partial charge in [-0.15, -0.1) is 0 Å². The van der Waals surface area contributed by atoms with Crippen LogP contribution in [0, 0.1) is 5.92 Å². The lowest BCUT2D eigenvalue weighted by molar-refractivity contribution is -0.115. The molecule has 1 aliphatic rings. The first-order chi connectivity index (χ1) is 13.0. The maximum atomic E-state index is 11.6. The second-order valence-electron chi connectivity index (χ2n) is 6.74. The van der Waals surface area contributed by atoms with Crippen molar-refractivity contribution in [3.05, 3.63) is 64.3 Å². The topological polar surface area (TPSA) is 68.3 Å². The van der Waals surface area contributed by atoms with Crippen LogP contribution in [-0.4, -0.2) is 22.7 Å². The lowest BCUT2D eigenvalue weighted by Gasteiger charge is -2.08. The number of nitrogens with zero attached hydrogens (tertiary/aromatic N) is 1. The highest BCUT2D eigenvalue weighted by molar-refractivity contribution is 8.18. The van der Waals surface area contributed by atoms with Crippen molar-refractivity contribution in [3.8, 4) is 5.75 Å². The monoisotopic (exact) mass is 382 g/mol. The van der Waals surface area contributed by atoms with E-state index >= 15 is 0 Å². The molecule has 1 aromatic carbocycles. The van der Waals surface area contributed by atoms with E-state index in [0.717, 1.165) is 47.3 Å². The number of ether oxygens (including phenoxy) is 1. The first-order valence-electron chi connectivity index (χ1n) is 8.92. The van der Waals surface area contributed by atoms with Crippen molar-refractivity contribution in [2.75, 3.05) is 6.61 Å². The minimum atomic E-state index is -0.350. The van der Waals surface area contributed by atoms with Gasteiger partial charge in [-0.3, -0.25) is 19.9 Å². The minimum absolute atomic E-state index is 0.336. The maximum Gasteiger partial charge on any atom is 0.290 e. The van der Waals surface area contributed by atoms with Crippen molar-refractivity contribution in [1.82, 2.24) is 10.3 Å². The smallest absolute Gasteiger partial charge is 0.290 e. The van der Waals surface area contributed by atoms with Crippen LogP contribution in [0.2, 0.25) is 0 Å². The van der Waals surface area contributed by atoms with Gasteiger partial charge in [0.25, 0.3) is 11.1 Å². The zero-order chi connectivity index (χ0) is 19.2. The summed E-state index contributed by atoms with van der Waals surface area (Å²) in [6.07, 6.45) is 3.42. The number of hydrogen-bond acceptors (Lipinski definition) is 5. The lowest BCUT2D eigenvalue weighted by Crippen LogP contribution is -2.17. The molecule has 1 fully saturated rings. The number of hydrogen-bond donors (Lipinski definition) is 1. The second-order valence-corrected chi connectivity index (χ2v) is 7.75. The first-order valence-corrected chi connectivity index (χ1v) is 9.74. The quantitative estimate of drug-likeness (QED) is 0.726. The highest BCUT2D eigenvalue weighted by Gasteiger charge is 2.24. The number of rotatable bonds is 7. The Morgan fingerprint density at radius 3 is 2.52 bits per heavy atom. The number of amides is 2. The maximum absolute atomic E-state index is 11.6. The van der Waals surface area contributed by atoms with Crippen LogP contribution in [-0.2, 0) is 17.6 Å². The molecule has 0 bridgehead atoms. The summed E-state index contributed by atoms with van der Waals surface area (Å²) in [4.78, 5) is 27.8. The SMILES string of the molecule is CC(C)Cc1cccc(CCOc2ccc(C=C3SC(=O)NC3=O)cc2)n1. The van der Waals surface area contributed by atoms with Gasteiger partial charge in [0.2, 0.25) is 0 Å². The Kier molecular flexibility index (Phi) is 6.29. The molecule has 0 atom stereocenters. The van der Waals surface area contributed by atoms with Gasteiger partial charge in [0.1, 0.15) is 5.75 Å². The third-order valence-electron chi connectivity index (χ3n) is 3.93. The summed E-state index contributed by atoms with van der Waals surface area (Å²) in [6, 6.07) is 13.6. The molecule has 27 heavy (non-hydrogen) atoms. The van der Waals surface area contributed by atoms with Crippen LogP contribution in [0.25, 0.3) is 6.08 Å². The molecule has 2 amide bonds. The van der Waals surface area contributed by atoms with Crippen LogP contribution in [0.3, 0.4) is 0 Å². The predicted molar refractivity (Wildman–Crippen MR) is 108 cm³/mol. The summed E-state index contributed by atoms with van der Waals surface area (Å²) in [5.74, 6) is 0.997. The fourth-order valence-electron chi connectivity index (χ4n) is 2.71. The molecule has 0 spiro atoms. The Morgan fingerprint density at radius 1 is 1.11 bits per heavy atom. The lowest BCUT2D eigenvalue weighted by atomic mass is 10.1. The second kappa shape index (κ2) is 8.86. The molecular formula is C21H22N2O3S. The molecule has 0 unspecified atom stereocenters. The standard InChI is InChI=1S/C21H22N2O3S/c1-14(2)12-17-5-3-4-16(22-17)10-11-26-18-8-6-15(7-9-18)13-19-20(24)23-21(25)27-19/h3-9,13-14H,10-12H2,1-2H3,(H,23,24,25). The molecular weight excluding hydrogens is 360 g/mol. The van der Waals surface area contributed by atoms with E-state index in [1.165, 1.54) is 0 Å². The molecule has 1 N–H and O–H groups in total. The summed E-state index contributed by atoms with van der Waals surface area (Å²) in [7, 11) is 0. The molecule has 2 heterocycles. The summed E-state index contributed by atoms with van der Waals surface area (Å²) in [5.41, 5.74) is 2.99. The summed E-state index contributed by atoms with van der Waals surface area (Å²) in [5, 5.41) is 1.91. The van der Waals surface area contributed by atoms with Gasteiger partial charge in [0.15, 0.2) is 0 Å². The Balaban J connectivity index is 1.53. The van der Waals surface area contributed by atoms with Crippen LogP contribution >= 0.6 is 11.8 Å². The minimum Gasteiger partial charge on any atom is -0.493 e. The van der Waals surface area contributed by atoms with Crippen molar-refractivity contribution >= 4 is 29.0 Å². The number of carbonyl (C=O) groups is 2. The van der Waals surface area contributed by atoms with Crippen LogP contribution in [0.5, 0.6) is 5.75 Å². The number of imide groups is 1. The zero-order valence-electron chi connectivity index (χ0n) is 15.4. The average Bonchev–Trinajstić information content (AvgIpc) is 2.93. The summed E-state index contributed by atoms with van der Waals surface area (Å²) in [6.45, 7) is 4.92. The van der Waals surface area contributed by atoms with E-state index in [0.29, 0.717) is 17.4 Å². The third kappa shape index (κ3) is 5.69. The van der Waals surface area contributed by atoms with E-state index in [-0.39, 0.29) is 11.1 Å². The van der Waals surface area contributed by atoms with Gasteiger partial charge in [-0.25, -0.2) is 0 Å². The molecule has 0 radical (unpaired) electrons. The zero-order valence-corrected chi connectivity index (χ0v) is 16.2. The van der Waals surface area contributed by atoms with E-state index in [2.05, 4.69) is 30.2 Å². The van der Waals surface area contributed by atoms with Crippen LogP contribution in [0.15, 0.2) is 47.4 Å². The number of carbonyl (C=O) groups excluding carboxylic acids is 2. The number of benzene rings is 1. The molecule has 1 aromatic heterocycles. The van der Waals surface area contributed by atoms with Gasteiger partial charge in [-0.1, -0.05) is 32.0 Å². The molecule has 1 saturated heterocycles. The highest BCUT2D eigenvalue weighted by Crippen LogP contribution is 2.26. The van der Waals surface area contributed by atoms with Gasteiger partial charge >= 0.3 is 0 Å². The molecule has 140 valence electrons. The summed E-state index contributed by atoms with van der Waals surface area (Å²) >= 11 is 0.912. The third-order valence-corrected chi connectivity index (χ3v) is 4.74. The van der Waals surface area contributed by atoms with Gasteiger partial charge in [-0.2, -0.15) is 0 Å². The highest BCUT2D eigenvalue weighted by atomic mass is 32.2. The van der Waals surface area contributed by atoms with Crippen molar-refractivity contribution in [3.63, 3.8) is 0 Å². The van der Waals surface area contributed by atoms with Crippen LogP contribution in [0.1, 0.15) is 30.8 Å². The molecule has 0 saturated carbocycles. The van der Waals surface area contributed by atoms with Crippen molar-refractivity contribution in [1.29, 1.82) is 0 Å². The number of aromatic nitrogens is 1. The molecule has 5 nitrogen and oxygen atoms in total. The van der Waals surface area contributed by atoms with E-state index in [1.54, 1.807) is 6.08 Å². The summed E-state index contributed by atoms with van der Waals surface area (Å²) < 4.78 is 5.79. The predicted octanol–water partition coefficient (Wildman–Crippen LogP) is 4.23. The van der Waals surface area contributed by atoms with Gasteiger partial charge < -0.3 is 4.74 Å². The largest absolute Gasteiger partial charge is 0.493 e. The fourth-order valence-corrected chi connectivity index (χ4v) is 3.39. The molecule has 2 aromatic rings. The van der Waals surface area contributed by atoms with Gasteiger partial charge in [0, 0.05) is 17.8 Å². The Hall–Kier alpha value is -2.60. The van der Waals surface area contributed by atoms with Crippen LogP contribution in [0.4, 0.5) is 4.79 Å². The van der Waals surface area contributed by atoms with Gasteiger partial charge in [0.05, 0.1) is 11.5 Å². The van der Waals surface area contributed by atoms with Crippen molar-refractivity contribution in [2.24, 2.45) is 5.92 Å². The Bertz CT molecular complexity index is 860. The van der Waals surface area contributed by atoms with Crippen molar-refractivity contribution in [2.45, 2.75) is 26.7 Å².